The molecule has 92 valence electrons. The van der Waals surface area contributed by atoms with Crippen LogP contribution in [-0.4, -0.2) is 59.1 Å². The summed E-state index contributed by atoms with van der Waals surface area (Å²) in [5, 5.41) is 9.25. The number of hydrogen-bond donors (Lipinski definition) is 1. The summed E-state index contributed by atoms with van der Waals surface area (Å²) in [5.74, 6) is -0.637. The van der Waals surface area contributed by atoms with Crippen LogP contribution in [0, 0.1) is 0 Å². The fraction of sp³-hybridized carbons (Fsp3) is 0.917. The number of likely N-dealkylation sites (N-methyl/N-ethyl adjacent to an activating group) is 1. The maximum Gasteiger partial charge on any atom is 0.320 e. The summed E-state index contributed by atoms with van der Waals surface area (Å²) in [6, 6.07) is 0.792. The van der Waals surface area contributed by atoms with Gasteiger partial charge in [-0.3, -0.25) is 9.69 Å². The molecule has 2 saturated heterocycles. The van der Waals surface area contributed by atoms with Gasteiger partial charge in [0.25, 0.3) is 0 Å². The Morgan fingerprint density at radius 3 is 2.69 bits per heavy atom. The van der Waals surface area contributed by atoms with E-state index in [0.717, 1.165) is 38.8 Å². The van der Waals surface area contributed by atoms with Gasteiger partial charge in [-0.25, -0.2) is 0 Å². The Bertz CT molecular complexity index is 260. The van der Waals surface area contributed by atoms with E-state index >= 15 is 0 Å². The van der Waals surface area contributed by atoms with Crippen LogP contribution >= 0.6 is 0 Å². The van der Waals surface area contributed by atoms with Crippen LogP contribution in [0.4, 0.5) is 0 Å². The molecule has 0 aromatic heterocycles. The highest BCUT2D eigenvalue weighted by atomic mass is 16.4. The number of nitrogens with zero attached hydrogens (tertiary/aromatic N) is 2. The Balaban J connectivity index is 2.03. The maximum absolute atomic E-state index is 11.2. The van der Waals surface area contributed by atoms with Crippen LogP contribution in [0.2, 0.25) is 0 Å². The second kappa shape index (κ2) is 4.72. The minimum absolute atomic E-state index is 0.238. The third-order valence-electron chi connectivity index (χ3n) is 4.16. The van der Waals surface area contributed by atoms with Gasteiger partial charge in [-0.1, -0.05) is 6.42 Å². The van der Waals surface area contributed by atoms with E-state index in [0.29, 0.717) is 12.1 Å². The van der Waals surface area contributed by atoms with E-state index in [1.807, 2.05) is 0 Å². The summed E-state index contributed by atoms with van der Waals surface area (Å²) in [6.07, 6.45) is 4.15. The molecule has 0 aromatic rings. The monoisotopic (exact) mass is 226 g/mol. The molecule has 0 radical (unpaired) electrons. The zero-order valence-corrected chi connectivity index (χ0v) is 10.2. The quantitative estimate of drug-likeness (QED) is 0.763. The highest BCUT2D eigenvalue weighted by Crippen LogP contribution is 2.27. The molecule has 0 saturated carbocycles. The second-order valence-electron chi connectivity index (χ2n) is 5.27. The molecule has 0 amide bonds. The van der Waals surface area contributed by atoms with Crippen molar-refractivity contribution < 1.29 is 9.90 Å². The average molecular weight is 226 g/mol. The molecule has 0 aromatic carbocycles. The molecule has 4 heteroatoms. The van der Waals surface area contributed by atoms with Crippen molar-refractivity contribution in [3.8, 4) is 0 Å². The second-order valence-corrected chi connectivity index (χ2v) is 5.27. The molecule has 3 unspecified atom stereocenters. The topological polar surface area (TPSA) is 43.8 Å². The SMILES string of the molecule is CC1CC(N2CCCCC2C(=O)O)CN1C. The van der Waals surface area contributed by atoms with Gasteiger partial charge in [0.05, 0.1) is 0 Å². The van der Waals surface area contributed by atoms with Crippen molar-refractivity contribution in [2.45, 2.75) is 50.7 Å². The van der Waals surface area contributed by atoms with Crippen LogP contribution in [0.25, 0.3) is 0 Å². The Hall–Kier alpha value is -0.610. The van der Waals surface area contributed by atoms with E-state index < -0.39 is 5.97 Å². The van der Waals surface area contributed by atoms with Crippen molar-refractivity contribution in [3.63, 3.8) is 0 Å². The van der Waals surface area contributed by atoms with Crippen LogP contribution in [0.3, 0.4) is 0 Å². The first kappa shape index (κ1) is 11.9. The molecule has 2 aliphatic rings. The van der Waals surface area contributed by atoms with E-state index in [-0.39, 0.29) is 6.04 Å². The van der Waals surface area contributed by atoms with Gasteiger partial charge < -0.3 is 10.0 Å². The predicted molar refractivity (Wildman–Crippen MR) is 62.5 cm³/mol. The van der Waals surface area contributed by atoms with Crippen molar-refractivity contribution >= 4 is 5.97 Å². The lowest BCUT2D eigenvalue weighted by Crippen LogP contribution is -2.50. The van der Waals surface area contributed by atoms with E-state index in [9.17, 15) is 9.90 Å². The van der Waals surface area contributed by atoms with Crippen LogP contribution in [0.15, 0.2) is 0 Å². The number of hydrogen-bond acceptors (Lipinski definition) is 3. The first-order valence-corrected chi connectivity index (χ1v) is 6.28. The largest absolute Gasteiger partial charge is 0.480 e. The van der Waals surface area contributed by atoms with Crippen molar-refractivity contribution in [2.75, 3.05) is 20.1 Å². The summed E-state index contributed by atoms with van der Waals surface area (Å²) < 4.78 is 0. The van der Waals surface area contributed by atoms with Gasteiger partial charge >= 0.3 is 5.97 Å². The van der Waals surface area contributed by atoms with Gasteiger partial charge in [0.2, 0.25) is 0 Å². The zero-order valence-electron chi connectivity index (χ0n) is 10.2. The van der Waals surface area contributed by atoms with Gasteiger partial charge in [0.1, 0.15) is 6.04 Å². The Morgan fingerprint density at radius 1 is 1.38 bits per heavy atom. The van der Waals surface area contributed by atoms with Crippen LogP contribution < -0.4 is 0 Å². The van der Waals surface area contributed by atoms with Crippen molar-refractivity contribution in [1.82, 2.24) is 9.80 Å². The van der Waals surface area contributed by atoms with Gasteiger partial charge in [0.15, 0.2) is 0 Å². The van der Waals surface area contributed by atoms with E-state index in [1.54, 1.807) is 0 Å². The molecule has 0 spiro atoms. The molecule has 2 aliphatic heterocycles. The summed E-state index contributed by atoms with van der Waals surface area (Å²) >= 11 is 0. The van der Waals surface area contributed by atoms with Gasteiger partial charge in [-0.05, 0) is 39.8 Å². The zero-order chi connectivity index (χ0) is 11.7. The lowest BCUT2D eigenvalue weighted by molar-refractivity contribution is -0.145. The molecule has 4 nitrogen and oxygen atoms in total. The van der Waals surface area contributed by atoms with E-state index in [2.05, 4.69) is 23.8 Å². The number of likely N-dealkylation sites (tertiary alicyclic amines) is 2. The lowest BCUT2D eigenvalue weighted by atomic mass is 9.99. The molecule has 2 heterocycles. The fourth-order valence-corrected chi connectivity index (χ4v) is 3.06. The summed E-state index contributed by atoms with van der Waals surface area (Å²) in [5.41, 5.74) is 0. The molecule has 0 bridgehead atoms. The molecule has 2 rings (SSSR count). The Kier molecular flexibility index (Phi) is 3.50. The Labute approximate surface area is 97.2 Å². The smallest absolute Gasteiger partial charge is 0.320 e. The van der Waals surface area contributed by atoms with Gasteiger partial charge in [0, 0.05) is 18.6 Å². The number of piperidine rings is 1. The van der Waals surface area contributed by atoms with Gasteiger partial charge in [-0.15, -0.1) is 0 Å². The highest BCUT2D eigenvalue weighted by Gasteiger charge is 2.37. The van der Waals surface area contributed by atoms with Crippen molar-refractivity contribution in [3.05, 3.63) is 0 Å². The van der Waals surface area contributed by atoms with E-state index in [1.165, 1.54) is 0 Å². The summed E-state index contributed by atoms with van der Waals surface area (Å²) in [7, 11) is 2.13. The first-order valence-electron chi connectivity index (χ1n) is 6.28. The molecular formula is C12H22N2O2. The van der Waals surface area contributed by atoms with Crippen LogP contribution in [-0.2, 0) is 4.79 Å². The predicted octanol–water partition coefficient (Wildman–Crippen LogP) is 1.02. The first-order chi connectivity index (χ1) is 7.59. The molecular weight excluding hydrogens is 204 g/mol. The van der Waals surface area contributed by atoms with Gasteiger partial charge in [-0.2, -0.15) is 0 Å². The van der Waals surface area contributed by atoms with Crippen molar-refractivity contribution in [2.24, 2.45) is 0 Å². The Morgan fingerprint density at radius 2 is 2.12 bits per heavy atom. The van der Waals surface area contributed by atoms with E-state index in [4.69, 9.17) is 0 Å². The normalized spacial score (nSPS) is 37.8. The number of carboxylic acid groups (broad SMARTS) is 1. The minimum atomic E-state index is -0.637. The lowest BCUT2D eigenvalue weighted by Gasteiger charge is -2.37. The molecule has 3 atom stereocenters. The number of carbonyl (C=O) groups is 1. The number of aliphatic carboxylic acids is 1. The minimum Gasteiger partial charge on any atom is -0.480 e. The molecule has 16 heavy (non-hydrogen) atoms. The third-order valence-corrected chi connectivity index (χ3v) is 4.16. The summed E-state index contributed by atoms with van der Waals surface area (Å²) in [4.78, 5) is 15.8. The molecule has 0 aliphatic carbocycles. The van der Waals surface area contributed by atoms with Crippen LogP contribution in [0.1, 0.15) is 32.6 Å². The fourth-order valence-electron chi connectivity index (χ4n) is 3.06. The third kappa shape index (κ3) is 2.23. The number of rotatable bonds is 2. The molecule has 1 N–H and O–H groups in total. The highest BCUT2D eigenvalue weighted by molar-refractivity contribution is 5.73. The standard InChI is InChI=1S/C12H22N2O2/c1-9-7-10(8-13(9)2)14-6-4-3-5-11(14)12(15)16/h9-11H,3-8H2,1-2H3,(H,15,16). The summed E-state index contributed by atoms with van der Waals surface area (Å²) in [6.45, 7) is 4.20. The number of carboxylic acids is 1. The average Bonchev–Trinajstić information content (AvgIpc) is 2.59. The van der Waals surface area contributed by atoms with Crippen molar-refractivity contribution in [1.29, 1.82) is 0 Å². The maximum atomic E-state index is 11.2. The van der Waals surface area contributed by atoms with Crippen LogP contribution in [0.5, 0.6) is 0 Å². The molecule has 2 fully saturated rings.